The van der Waals surface area contributed by atoms with Crippen LogP contribution in [0.1, 0.15) is 38.7 Å². The average molecular weight is 264 g/mol. The van der Waals surface area contributed by atoms with Gasteiger partial charge < -0.3 is 5.11 Å². The largest absolute Gasteiger partial charge is 0.481 e. The number of hydrogen-bond acceptors (Lipinski definition) is 2. The number of allylic oxidation sites excluding steroid dienone is 1. The molecule has 2 nitrogen and oxygen atoms in total. The van der Waals surface area contributed by atoms with Gasteiger partial charge in [0.25, 0.3) is 0 Å². The molecule has 0 heterocycles. The Kier molecular flexibility index (Phi) is 6.58. The van der Waals surface area contributed by atoms with E-state index < -0.39 is 5.97 Å². The summed E-state index contributed by atoms with van der Waals surface area (Å²) in [6.07, 6.45) is 3.87. The van der Waals surface area contributed by atoms with Crippen molar-refractivity contribution in [2.75, 3.05) is 5.75 Å². The van der Waals surface area contributed by atoms with Crippen LogP contribution >= 0.6 is 11.8 Å². The van der Waals surface area contributed by atoms with Crippen molar-refractivity contribution in [2.24, 2.45) is 0 Å². The molecular weight excluding hydrogens is 244 g/mol. The summed E-state index contributed by atoms with van der Waals surface area (Å²) in [4.78, 5) is 11.9. The standard InChI is InChI=1S/C15H20O2S/c1-3-5-12(8-11-15(16)17)13-6-9-14(10-7-13)18-4-2/h6-10H,3-5,11H2,1-2H3,(H,16,17)/b12-8+. The molecule has 0 saturated carbocycles. The molecule has 1 aromatic rings. The summed E-state index contributed by atoms with van der Waals surface area (Å²) in [5.74, 6) is 0.289. The summed E-state index contributed by atoms with van der Waals surface area (Å²) in [6, 6.07) is 8.38. The van der Waals surface area contributed by atoms with Crippen LogP contribution in [0.2, 0.25) is 0 Å². The first kappa shape index (κ1) is 14.8. The lowest BCUT2D eigenvalue weighted by molar-refractivity contribution is -0.135. The van der Waals surface area contributed by atoms with Crippen LogP contribution in [-0.2, 0) is 4.79 Å². The molecule has 0 saturated heterocycles. The fraction of sp³-hybridized carbons (Fsp3) is 0.400. The zero-order valence-corrected chi connectivity index (χ0v) is 11.8. The van der Waals surface area contributed by atoms with Gasteiger partial charge in [0.2, 0.25) is 0 Å². The van der Waals surface area contributed by atoms with Gasteiger partial charge in [-0.05, 0) is 35.4 Å². The molecule has 0 aliphatic heterocycles. The van der Waals surface area contributed by atoms with Crippen LogP contribution in [0.15, 0.2) is 35.2 Å². The summed E-state index contributed by atoms with van der Waals surface area (Å²) in [6.45, 7) is 4.24. The minimum absolute atomic E-state index is 0.0980. The molecule has 18 heavy (non-hydrogen) atoms. The summed E-state index contributed by atoms with van der Waals surface area (Å²) < 4.78 is 0. The fourth-order valence-electron chi connectivity index (χ4n) is 1.78. The molecule has 0 radical (unpaired) electrons. The van der Waals surface area contributed by atoms with E-state index in [0.29, 0.717) is 0 Å². The molecule has 1 aromatic carbocycles. The van der Waals surface area contributed by atoms with Gasteiger partial charge in [0, 0.05) is 4.90 Å². The minimum atomic E-state index is -0.776. The van der Waals surface area contributed by atoms with Gasteiger partial charge in [0.05, 0.1) is 6.42 Å². The zero-order valence-electron chi connectivity index (χ0n) is 11.0. The van der Waals surface area contributed by atoms with Crippen molar-refractivity contribution >= 4 is 23.3 Å². The molecule has 1 rings (SSSR count). The van der Waals surface area contributed by atoms with Gasteiger partial charge in [0.1, 0.15) is 0 Å². The van der Waals surface area contributed by atoms with Crippen LogP contribution in [0.4, 0.5) is 0 Å². The molecule has 0 fully saturated rings. The van der Waals surface area contributed by atoms with Crippen LogP contribution in [0.25, 0.3) is 5.57 Å². The third kappa shape index (κ3) is 4.96. The molecule has 0 amide bonds. The second-order valence-electron chi connectivity index (χ2n) is 4.03. The summed E-state index contributed by atoms with van der Waals surface area (Å²) in [5, 5.41) is 8.74. The topological polar surface area (TPSA) is 37.3 Å². The highest BCUT2D eigenvalue weighted by Crippen LogP contribution is 2.24. The highest BCUT2D eigenvalue weighted by Gasteiger charge is 2.03. The molecule has 0 bridgehead atoms. The molecule has 0 aromatic heterocycles. The van der Waals surface area contributed by atoms with Crippen molar-refractivity contribution < 1.29 is 9.90 Å². The van der Waals surface area contributed by atoms with Crippen LogP contribution in [0, 0.1) is 0 Å². The van der Waals surface area contributed by atoms with E-state index in [1.54, 1.807) is 0 Å². The second-order valence-corrected chi connectivity index (χ2v) is 5.37. The maximum atomic E-state index is 10.6. The minimum Gasteiger partial charge on any atom is -0.481 e. The van der Waals surface area contributed by atoms with E-state index in [4.69, 9.17) is 5.11 Å². The number of rotatable bonds is 7. The number of carboxylic acid groups (broad SMARTS) is 1. The zero-order chi connectivity index (χ0) is 13.4. The summed E-state index contributed by atoms with van der Waals surface area (Å²) >= 11 is 1.81. The van der Waals surface area contributed by atoms with E-state index in [9.17, 15) is 4.79 Å². The van der Waals surface area contributed by atoms with Crippen LogP contribution in [-0.4, -0.2) is 16.8 Å². The molecule has 0 aliphatic carbocycles. The third-order valence-corrected chi connectivity index (χ3v) is 3.47. The van der Waals surface area contributed by atoms with Gasteiger partial charge in [-0.3, -0.25) is 4.79 Å². The Bertz CT molecular complexity index is 407. The highest BCUT2D eigenvalue weighted by molar-refractivity contribution is 7.99. The monoisotopic (exact) mass is 264 g/mol. The number of carbonyl (C=O) groups is 1. The Morgan fingerprint density at radius 3 is 2.44 bits per heavy atom. The van der Waals surface area contributed by atoms with Crippen molar-refractivity contribution in [2.45, 2.75) is 38.0 Å². The van der Waals surface area contributed by atoms with E-state index >= 15 is 0 Å². The third-order valence-electron chi connectivity index (χ3n) is 2.58. The Hall–Kier alpha value is -1.22. The normalized spacial score (nSPS) is 11.6. The van der Waals surface area contributed by atoms with Gasteiger partial charge >= 0.3 is 5.97 Å². The summed E-state index contributed by atoms with van der Waals surface area (Å²) in [5.41, 5.74) is 2.27. The fourth-order valence-corrected chi connectivity index (χ4v) is 2.44. The van der Waals surface area contributed by atoms with Gasteiger partial charge in [-0.2, -0.15) is 0 Å². The molecule has 3 heteroatoms. The first-order valence-corrected chi connectivity index (χ1v) is 7.30. The highest BCUT2D eigenvalue weighted by atomic mass is 32.2. The van der Waals surface area contributed by atoms with E-state index in [0.717, 1.165) is 29.7 Å². The van der Waals surface area contributed by atoms with Gasteiger partial charge in [-0.1, -0.05) is 38.5 Å². The van der Waals surface area contributed by atoms with Crippen molar-refractivity contribution in [3.8, 4) is 0 Å². The second kappa shape index (κ2) is 7.98. The predicted octanol–water partition coefficient (Wildman–Crippen LogP) is 4.46. The lowest BCUT2D eigenvalue weighted by Crippen LogP contribution is -1.93. The van der Waals surface area contributed by atoms with E-state index in [1.165, 1.54) is 4.90 Å². The number of carboxylic acids is 1. The molecule has 0 aliphatic rings. The summed E-state index contributed by atoms with van der Waals surface area (Å²) in [7, 11) is 0. The van der Waals surface area contributed by atoms with Gasteiger partial charge in [-0.25, -0.2) is 0 Å². The van der Waals surface area contributed by atoms with E-state index in [-0.39, 0.29) is 6.42 Å². The van der Waals surface area contributed by atoms with Gasteiger partial charge in [0.15, 0.2) is 0 Å². The number of hydrogen-bond donors (Lipinski definition) is 1. The first-order valence-electron chi connectivity index (χ1n) is 6.31. The molecule has 0 unspecified atom stereocenters. The Labute approximate surface area is 113 Å². The van der Waals surface area contributed by atoms with Crippen LogP contribution in [0.5, 0.6) is 0 Å². The smallest absolute Gasteiger partial charge is 0.307 e. The number of benzene rings is 1. The Morgan fingerprint density at radius 1 is 1.28 bits per heavy atom. The maximum absolute atomic E-state index is 10.6. The lowest BCUT2D eigenvalue weighted by atomic mass is 10.0. The molecule has 98 valence electrons. The molecular formula is C15H20O2S. The van der Waals surface area contributed by atoms with Crippen molar-refractivity contribution in [3.63, 3.8) is 0 Å². The maximum Gasteiger partial charge on any atom is 0.307 e. The lowest BCUT2D eigenvalue weighted by Gasteiger charge is -2.07. The van der Waals surface area contributed by atoms with Gasteiger partial charge in [-0.15, -0.1) is 11.8 Å². The molecule has 0 atom stereocenters. The quantitative estimate of drug-likeness (QED) is 0.739. The van der Waals surface area contributed by atoms with Crippen LogP contribution < -0.4 is 0 Å². The van der Waals surface area contributed by atoms with Crippen molar-refractivity contribution in [1.82, 2.24) is 0 Å². The predicted molar refractivity (Wildman–Crippen MR) is 78.0 cm³/mol. The SMILES string of the molecule is CCC/C(=C\CC(=O)O)c1ccc(SCC)cc1. The van der Waals surface area contributed by atoms with Crippen LogP contribution in [0.3, 0.4) is 0 Å². The number of aliphatic carboxylic acids is 1. The van der Waals surface area contributed by atoms with Crippen molar-refractivity contribution in [1.29, 1.82) is 0 Å². The Balaban J connectivity index is 2.84. The first-order chi connectivity index (χ1) is 8.67. The molecule has 1 N–H and O–H groups in total. The average Bonchev–Trinajstić information content (AvgIpc) is 2.36. The Morgan fingerprint density at radius 2 is 1.94 bits per heavy atom. The van der Waals surface area contributed by atoms with Crippen molar-refractivity contribution in [3.05, 3.63) is 35.9 Å². The number of thioether (sulfide) groups is 1. The van der Waals surface area contributed by atoms with E-state index in [2.05, 4.69) is 38.1 Å². The molecule has 0 spiro atoms. The van der Waals surface area contributed by atoms with E-state index in [1.807, 2.05) is 17.8 Å².